The standard InChI is InChI=1S/C20H24N4OS2/c1-13-14(2)27-20-18(13)19(21-15-5-4-6-16(11-15)26-3)22-17(23-20)12-24-7-9-25-10-8-24/h4-6,11H,7-10,12H2,1-3H3,(H,21,22,23). The van der Waals surface area contributed by atoms with Gasteiger partial charge in [0.05, 0.1) is 25.1 Å². The zero-order valence-electron chi connectivity index (χ0n) is 15.9. The monoisotopic (exact) mass is 400 g/mol. The van der Waals surface area contributed by atoms with E-state index in [-0.39, 0.29) is 0 Å². The Hall–Kier alpha value is -1.67. The number of aromatic nitrogens is 2. The molecule has 3 heterocycles. The van der Waals surface area contributed by atoms with E-state index >= 15 is 0 Å². The Kier molecular flexibility index (Phi) is 5.63. The molecule has 0 amide bonds. The van der Waals surface area contributed by atoms with Crippen molar-refractivity contribution in [3.05, 3.63) is 40.5 Å². The van der Waals surface area contributed by atoms with Crippen LogP contribution in [0.2, 0.25) is 0 Å². The van der Waals surface area contributed by atoms with Crippen LogP contribution in [0.25, 0.3) is 10.2 Å². The number of thiophene rings is 1. The third-order valence-corrected chi connectivity index (χ3v) is 6.70. The van der Waals surface area contributed by atoms with E-state index in [1.165, 1.54) is 15.3 Å². The number of morpholine rings is 1. The van der Waals surface area contributed by atoms with Crippen LogP contribution in [0.15, 0.2) is 29.2 Å². The number of thioether (sulfide) groups is 1. The van der Waals surface area contributed by atoms with Gasteiger partial charge in [-0.3, -0.25) is 4.90 Å². The molecular formula is C20H24N4OS2. The normalized spacial score (nSPS) is 15.4. The maximum atomic E-state index is 5.46. The highest BCUT2D eigenvalue weighted by Crippen LogP contribution is 2.35. The van der Waals surface area contributed by atoms with Crippen molar-refractivity contribution in [1.29, 1.82) is 0 Å². The Morgan fingerprint density at radius 3 is 2.81 bits per heavy atom. The molecule has 0 bridgehead atoms. The summed E-state index contributed by atoms with van der Waals surface area (Å²) in [6.07, 6.45) is 2.09. The number of nitrogens with one attached hydrogen (secondary N) is 1. The van der Waals surface area contributed by atoms with E-state index in [0.29, 0.717) is 0 Å². The first kappa shape index (κ1) is 18.7. The largest absolute Gasteiger partial charge is 0.379 e. The van der Waals surface area contributed by atoms with Gasteiger partial charge in [-0.05, 0) is 43.9 Å². The molecule has 3 aromatic rings. The van der Waals surface area contributed by atoms with Gasteiger partial charge in [-0.25, -0.2) is 9.97 Å². The molecule has 1 aliphatic rings. The number of benzene rings is 1. The summed E-state index contributed by atoms with van der Waals surface area (Å²) in [5, 5.41) is 4.69. The van der Waals surface area contributed by atoms with Gasteiger partial charge in [0.2, 0.25) is 0 Å². The van der Waals surface area contributed by atoms with Gasteiger partial charge in [0.15, 0.2) is 0 Å². The average Bonchev–Trinajstić information content (AvgIpc) is 2.97. The summed E-state index contributed by atoms with van der Waals surface area (Å²) in [6.45, 7) is 8.50. The van der Waals surface area contributed by atoms with Crippen molar-refractivity contribution in [2.45, 2.75) is 25.3 Å². The smallest absolute Gasteiger partial charge is 0.146 e. The lowest BCUT2D eigenvalue weighted by atomic mass is 10.2. The second-order valence-corrected chi connectivity index (χ2v) is 8.78. The van der Waals surface area contributed by atoms with Gasteiger partial charge < -0.3 is 10.1 Å². The van der Waals surface area contributed by atoms with Gasteiger partial charge in [0.25, 0.3) is 0 Å². The lowest BCUT2D eigenvalue weighted by molar-refractivity contribution is 0.0331. The highest BCUT2D eigenvalue weighted by molar-refractivity contribution is 7.98. The van der Waals surface area contributed by atoms with Crippen molar-refractivity contribution < 1.29 is 4.74 Å². The molecule has 1 fully saturated rings. The van der Waals surface area contributed by atoms with E-state index in [1.807, 2.05) is 0 Å². The quantitative estimate of drug-likeness (QED) is 0.632. The minimum Gasteiger partial charge on any atom is -0.379 e. The second-order valence-electron chi connectivity index (χ2n) is 6.70. The van der Waals surface area contributed by atoms with Gasteiger partial charge in [0, 0.05) is 28.5 Å². The maximum Gasteiger partial charge on any atom is 0.146 e. The van der Waals surface area contributed by atoms with Crippen LogP contribution in [-0.2, 0) is 11.3 Å². The Bertz CT molecular complexity index is 951. The highest BCUT2D eigenvalue weighted by Gasteiger charge is 2.18. The molecule has 0 radical (unpaired) electrons. The third-order valence-electron chi connectivity index (χ3n) is 4.88. The van der Waals surface area contributed by atoms with Crippen LogP contribution in [0.3, 0.4) is 0 Å². The zero-order valence-corrected chi connectivity index (χ0v) is 17.5. The fraction of sp³-hybridized carbons (Fsp3) is 0.400. The SMILES string of the molecule is CSc1cccc(Nc2nc(CN3CCOCC3)nc3sc(C)c(C)c23)c1. The first-order chi connectivity index (χ1) is 13.1. The number of ether oxygens (including phenoxy) is 1. The molecule has 4 rings (SSSR count). The van der Waals surface area contributed by atoms with E-state index in [9.17, 15) is 0 Å². The Labute approximate surface area is 168 Å². The lowest BCUT2D eigenvalue weighted by Gasteiger charge is -2.25. The topological polar surface area (TPSA) is 50.3 Å². The second kappa shape index (κ2) is 8.14. The molecule has 1 aromatic carbocycles. The summed E-state index contributed by atoms with van der Waals surface area (Å²) in [5.74, 6) is 1.78. The molecule has 7 heteroatoms. The molecule has 1 N–H and O–H groups in total. The van der Waals surface area contributed by atoms with Crippen LogP contribution in [0.4, 0.5) is 11.5 Å². The van der Waals surface area contributed by atoms with Crippen LogP contribution >= 0.6 is 23.1 Å². The van der Waals surface area contributed by atoms with Crippen molar-refractivity contribution in [1.82, 2.24) is 14.9 Å². The third kappa shape index (κ3) is 4.11. The van der Waals surface area contributed by atoms with E-state index in [1.54, 1.807) is 23.1 Å². The number of fused-ring (bicyclic) bond motifs is 1. The number of hydrogen-bond donors (Lipinski definition) is 1. The number of nitrogens with zero attached hydrogens (tertiary/aromatic N) is 3. The molecule has 0 atom stereocenters. The number of anilines is 2. The molecule has 27 heavy (non-hydrogen) atoms. The van der Waals surface area contributed by atoms with Gasteiger partial charge in [-0.2, -0.15) is 0 Å². The summed E-state index contributed by atoms with van der Waals surface area (Å²) >= 11 is 3.49. The summed E-state index contributed by atoms with van der Waals surface area (Å²) < 4.78 is 5.46. The van der Waals surface area contributed by atoms with Crippen molar-refractivity contribution >= 4 is 44.8 Å². The zero-order chi connectivity index (χ0) is 18.8. The van der Waals surface area contributed by atoms with Crippen LogP contribution in [0.5, 0.6) is 0 Å². The van der Waals surface area contributed by atoms with Crippen LogP contribution in [0, 0.1) is 13.8 Å². The van der Waals surface area contributed by atoms with Gasteiger partial charge in [0.1, 0.15) is 16.5 Å². The average molecular weight is 401 g/mol. The predicted octanol–water partition coefficient (Wildman–Crippen LogP) is 4.61. The fourth-order valence-electron chi connectivity index (χ4n) is 3.25. The van der Waals surface area contributed by atoms with Gasteiger partial charge >= 0.3 is 0 Å². The lowest BCUT2D eigenvalue weighted by Crippen LogP contribution is -2.36. The number of rotatable bonds is 5. The van der Waals surface area contributed by atoms with Crippen molar-refractivity contribution in [3.63, 3.8) is 0 Å². The molecule has 2 aromatic heterocycles. The van der Waals surface area contributed by atoms with Gasteiger partial charge in [-0.1, -0.05) is 6.07 Å². The predicted molar refractivity (Wildman–Crippen MR) is 114 cm³/mol. The van der Waals surface area contributed by atoms with Gasteiger partial charge in [-0.15, -0.1) is 23.1 Å². The molecule has 0 unspecified atom stereocenters. The summed E-state index contributed by atoms with van der Waals surface area (Å²) in [5.41, 5.74) is 2.32. The van der Waals surface area contributed by atoms with Crippen molar-refractivity contribution in [2.75, 3.05) is 37.9 Å². The molecule has 0 aliphatic carbocycles. The minimum absolute atomic E-state index is 0.759. The molecule has 1 saturated heterocycles. The minimum atomic E-state index is 0.759. The van der Waals surface area contributed by atoms with Crippen molar-refractivity contribution in [2.24, 2.45) is 0 Å². The van der Waals surface area contributed by atoms with Crippen LogP contribution in [-0.4, -0.2) is 47.4 Å². The van der Waals surface area contributed by atoms with Crippen LogP contribution in [0.1, 0.15) is 16.3 Å². The Morgan fingerprint density at radius 1 is 1.22 bits per heavy atom. The summed E-state index contributed by atoms with van der Waals surface area (Å²) in [7, 11) is 0. The molecular weight excluding hydrogens is 376 g/mol. The molecule has 0 saturated carbocycles. The van der Waals surface area contributed by atoms with Crippen molar-refractivity contribution in [3.8, 4) is 0 Å². The van der Waals surface area contributed by atoms with E-state index < -0.39 is 0 Å². The first-order valence-corrected chi connectivity index (χ1v) is 11.2. The maximum absolute atomic E-state index is 5.46. The molecule has 0 spiro atoms. The molecule has 1 aliphatic heterocycles. The fourth-order valence-corrected chi connectivity index (χ4v) is 4.76. The highest BCUT2D eigenvalue weighted by atomic mass is 32.2. The van der Waals surface area contributed by atoms with E-state index in [2.05, 4.69) is 54.6 Å². The first-order valence-electron chi connectivity index (χ1n) is 9.12. The molecule has 5 nitrogen and oxygen atoms in total. The molecule has 142 valence electrons. The van der Waals surface area contributed by atoms with E-state index in [4.69, 9.17) is 14.7 Å². The summed E-state index contributed by atoms with van der Waals surface area (Å²) in [4.78, 5) is 15.7. The Balaban J connectivity index is 1.71. The number of hydrogen-bond acceptors (Lipinski definition) is 7. The Morgan fingerprint density at radius 2 is 2.04 bits per heavy atom. The van der Waals surface area contributed by atoms with E-state index in [0.717, 1.165) is 60.4 Å². The summed E-state index contributed by atoms with van der Waals surface area (Å²) in [6, 6.07) is 8.45. The number of aryl methyl sites for hydroxylation is 2. The van der Waals surface area contributed by atoms with Crippen LogP contribution < -0.4 is 5.32 Å².